The summed E-state index contributed by atoms with van der Waals surface area (Å²) in [6.07, 6.45) is 0. The van der Waals surface area contributed by atoms with Gasteiger partial charge in [0.15, 0.2) is 11.5 Å². The number of rotatable bonds is 7. The standard InChI is InChI=1S/C27H31N3O2/c1-21(24-14-15-25(31-2)26(20-24)32-3)28-30-18-16-29(17-19-30)27(22-10-6-4-7-11-22)23-12-8-5-9-13-23/h4-15,20,27H,16-19H2,1-3H3/b28-21+. The van der Waals surface area contributed by atoms with Gasteiger partial charge in [-0.1, -0.05) is 60.7 Å². The molecular formula is C27H31N3O2. The Kier molecular flexibility index (Phi) is 7.07. The Balaban J connectivity index is 1.48. The van der Waals surface area contributed by atoms with Gasteiger partial charge in [0.1, 0.15) is 0 Å². The molecule has 1 aliphatic rings. The number of benzene rings is 3. The molecule has 0 N–H and O–H groups in total. The maximum Gasteiger partial charge on any atom is 0.161 e. The van der Waals surface area contributed by atoms with E-state index in [1.54, 1.807) is 14.2 Å². The molecule has 0 aliphatic carbocycles. The second kappa shape index (κ2) is 10.3. The molecule has 166 valence electrons. The molecule has 1 aliphatic heterocycles. The fraction of sp³-hybridized carbons (Fsp3) is 0.296. The Hall–Kier alpha value is -3.31. The molecule has 0 unspecified atom stereocenters. The smallest absolute Gasteiger partial charge is 0.161 e. The number of ether oxygens (including phenoxy) is 2. The van der Waals surface area contributed by atoms with Gasteiger partial charge in [-0.2, -0.15) is 5.10 Å². The molecule has 0 radical (unpaired) electrons. The van der Waals surface area contributed by atoms with E-state index in [0.29, 0.717) is 0 Å². The van der Waals surface area contributed by atoms with E-state index in [-0.39, 0.29) is 6.04 Å². The molecule has 1 saturated heterocycles. The third kappa shape index (κ3) is 4.94. The number of hydrogen-bond acceptors (Lipinski definition) is 5. The van der Waals surface area contributed by atoms with Gasteiger partial charge >= 0.3 is 0 Å². The zero-order chi connectivity index (χ0) is 22.3. The van der Waals surface area contributed by atoms with Crippen LogP contribution >= 0.6 is 0 Å². The van der Waals surface area contributed by atoms with Crippen molar-refractivity contribution in [3.8, 4) is 11.5 Å². The first kappa shape index (κ1) is 21.9. The molecule has 3 aromatic carbocycles. The lowest BCUT2D eigenvalue weighted by Crippen LogP contribution is -2.46. The Bertz CT molecular complexity index is 990. The van der Waals surface area contributed by atoms with E-state index in [9.17, 15) is 0 Å². The third-order valence-corrected chi connectivity index (χ3v) is 5.98. The van der Waals surface area contributed by atoms with Crippen molar-refractivity contribution in [2.75, 3.05) is 40.4 Å². The highest BCUT2D eigenvalue weighted by molar-refractivity contribution is 5.99. The molecule has 0 saturated carbocycles. The van der Waals surface area contributed by atoms with Gasteiger partial charge in [0.25, 0.3) is 0 Å². The van der Waals surface area contributed by atoms with Crippen LogP contribution in [-0.2, 0) is 0 Å². The highest BCUT2D eigenvalue weighted by Crippen LogP contribution is 2.30. The van der Waals surface area contributed by atoms with Gasteiger partial charge in [-0.05, 0) is 36.2 Å². The molecule has 1 heterocycles. The van der Waals surface area contributed by atoms with Crippen molar-refractivity contribution < 1.29 is 9.47 Å². The fourth-order valence-electron chi connectivity index (χ4n) is 4.29. The summed E-state index contributed by atoms with van der Waals surface area (Å²) >= 11 is 0. The lowest BCUT2D eigenvalue weighted by Gasteiger charge is -2.39. The van der Waals surface area contributed by atoms with Gasteiger partial charge in [-0.25, -0.2) is 0 Å². The first-order valence-corrected chi connectivity index (χ1v) is 11.1. The van der Waals surface area contributed by atoms with E-state index in [4.69, 9.17) is 14.6 Å². The van der Waals surface area contributed by atoms with Crippen molar-refractivity contribution in [1.29, 1.82) is 0 Å². The summed E-state index contributed by atoms with van der Waals surface area (Å²) in [5.74, 6) is 1.45. The Labute approximate surface area is 190 Å². The largest absolute Gasteiger partial charge is 0.493 e. The summed E-state index contributed by atoms with van der Waals surface area (Å²) in [6.45, 7) is 5.74. The molecule has 1 fully saturated rings. The average Bonchev–Trinajstić information content (AvgIpc) is 2.86. The number of hydrogen-bond donors (Lipinski definition) is 0. The fourth-order valence-corrected chi connectivity index (χ4v) is 4.29. The van der Waals surface area contributed by atoms with Crippen LogP contribution in [0, 0.1) is 0 Å². The molecule has 0 atom stereocenters. The molecule has 0 aromatic heterocycles. The summed E-state index contributed by atoms with van der Waals surface area (Å²) in [7, 11) is 3.30. The maximum absolute atomic E-state index is 5.44. The Morgan fingerprint density at radius 3 is 1.84 bits per heavy atom. The molecular weight excluding hydrogens is 398 g/mol. The SMILES string of the molecule is COc1ccc(/C(C)=N/N2CCN(C(c3ccccc3)c3ccccc3)CC2)cc1OC. The molecule has 0 bridgehead atoms. The predicted octanol–water partition coefficient (Wildman–Crippen LogP) is 4.84. The highest BCUT2D eigenvalue weighted by atomic mass is 16.5. The number of hydrazone groups is 1. The van der Waals surface area contributed by atoms with Crippen LogP contribution in [0.1, 0.15) is 29.7 Å². The predicted molar refractivity (Wildman–Crippen MR) is 130 cm³/mol. The molecule has 32 heavy (non-hydrogen) atoms. The van der Waals surface area contributed by atoms with Gasteiger partial charge in [0.05, 0.1) is 26.0 Å². The summed E-state index contributed by atoms with van der Waals surface area (Å²) < 4.78 is 10.8. The third-order valence-electron chi connectivity index (χ3n) is 5.98. The van der Waals surface area contributed by atoms with Crippen molar-refractivity contribution in [3.05, 3.63) is 95.6 Å². The van der Waals surface area contributed by atoms with Crippen LogP contribution in [0.2, 0.25) is 0 Å². The van der Waals surface area contributed by atoms with Gasteiger partial charge in [-0.3, -0.25) is 9.91 Å². The van der Waals surface area contributed by atoms with Crippen LogP contribution in [-0.4, -0.2) is 56.0 Å². The van der Waals surface area contributed by atoms with Crippen LogP contribution in [0.3, 0.4) is 0 Å². The Morgan fingerprint density at radius 1 is 0.750 bits per heavy atom. The summed E-state index contributed by atoms with van der Waals surface area (Å²) in [6, 6.07) is 27.7. The summed E-state index contributed by atoms with van der Waals surface area (Å²) in [5, 5.41) is 7.08. The van der Waals surface area contributed by atoms with Gasteiger partial charge < -0.3 is 9.47 Å². The van der Waals surface area contributed by atoms with E-state index < -0.39 is 0 Å². The molecule has 0 spiro atoms. The molecule has 5 heteroatoms. The number of nitrogens with zero attached hydrogens (tertiary/aromatic N) is 3. The van der Waals surface area contributed by atoms with Crippen LogP contribution < -0.4 is 9.47 Å². The van der Waals surface area contributed by atoms with Crippen LogP contribution in [0.25, 0.3) is 0 Å². The van der Waals surface area contributed by atoms with E-state index in [0.717, 1.165) is 49.0 Å². The van der Waals surface area contributed by atoms with E-state index in [2.05, 4.69) is 70.6 Å². The van der Waals surface area contributed by atoms with E-state index in [1.807, 2.05) is 25.1 Å². The minimum absolute atomic E-state index is 0.260. The molecule has 4 rings (SSSR count). The highest BCUT2D eigenvalue weighted by Gasteiger charge is 2.26. The van der Waals surface area contributed by atoms with Crippen molar-refractivity contribution in [2.45, 2.75) is 13.0 Å². The van der Waals surface area contributed by atoms with Crippen molar-refractivity contribution >= 4 is 5.71 Å². The second-order valence-electron chi connectivity index (χ2n) is 7.97. The first-order valence-electron chi connectivity index (χ1n) is 11.1. The summed E-state index contributed by atoms with van der Waals surface area (Å²) in [5.41, 5.74) is 4.67. The lowest BCUT2D eigenvalue weighted by molar-refractivity contribution is 0.112. The minimum atomic E-state index is 0.260. The zero-order valence-corrected chi connectivity index (χ0v) is 19.1. The van der Waals surface area contributed by atoms with Crippen molar-refractivity contribution in [2.24, 2.45) is 5.10 Å². The molecule has 0 amide bonds. The zero-order valence-electron chi connectivity index (χ0n) is 19.1. The number of piperazine rings is 1. The molecule has 5 nitrogen and oxygen atoms in total. The van der Waals surface area contributed by atoms with Gasteiger partial charge in [-0.15, -0.1) is 0 Å². The van der Waals surface area contributed by atoms with E-state index in [1.165, 1.54) is 11.1 Å². The van der Waals surface area contributed by atoms with Crippen molar-refractivity contribution in [3.63, 3.8) is 0 Å². The number of methoxy groups -OCH3 is 2. The van der Waals surface area contributed by atoms with Gasteiger partial charge in [0.2, 0.25) is 0 Å². The average molecular weight is 430 g/mol. The Morgan fingerprint density at radius 2 is 1.31 bits per heavy atom. The van der Waals surface area contributed by atoms with Crippen molar-refractivity contribution in [1.82, 2.24) is 9.91 Å². The first-order chi connectivity index (χ1) is 15.7. The summed E-state index contributed by atoms with van der Waals surface area (Å²) in [4.78, 5) is 2.56. The normalized spacial score (nSPS) is 15.1. The molecule has 3 aromatic rings. The van der Waals surface area contributed by atoms with Gasteiger partial charge in [0, 0.05) is 31.7 Å². The minimum Gasteiger partial charge on any atom is -0.493 e. The van der Waals surface area contributed by atoms with Crippen LogP contribution in [0.15, 0.2) is 84.0 Å². The van der Waals surface area contributed by atoms with E-state index >= 15 is 0 Å². The topological polar surface area (TPSA) is 37.3 Å². The van der Waals surface area contributed by atoms with Crippen LogP contribution in [0.5, 0.6) is 11.5 Å². The maximum atomic E-state index is 5.44. The second-order valence-corrected chi connectivity index (χ2v) is 7.97. The monoisotopic (exact) mass is 429 g/mol. The quantitative estimate of drug-likeness (QED) is 0.504. The lowest BCUT2D eigenvalue weighted by atomic mass is 9.96. The van der Waals surface area contributed by atoms with Crippen LogP contribution in [0.4, 0.5) is 0 Å².